The third-order valence-corrected chi connectivity index (χ3v) is 5.49. The van der Waals surface area contributed by atoms with Crippen molar-refractivity contribution < 1.29 is 29.0 Å². The number of carbonyl (C=O) groups excluding carboxylic acids is 3. The van der Waals surface area contributed by atoms with Crippen LogP contribution in [0.5, 0.6) is 0 Å². The molecule has 1 fully saturated rings. The first-order valence-electron chi connectivity index (χ1n) is 10.3. The predicted molar refractivity (Wildman–Crippen MR) is 116 cm³/mol. The minimum atomic E-state index is -2.30. The highest BCUT2D eigenvalue weighted by atomic mass is 35.5. The summed E-state index contributed by atoms with van der Waals surface area (Å²) in [6.07, 6.45) is -1.41. The van der Waals surface area contributed by atoms with Crippen LogP contribution in [-0.4, -0.2) is 82.8 Å². The standard InChI is InChI=1S/C21H30ClFN4O5/c1-12(2)17(18(29)26(3)4)25-16(28)11-27-6-5-21(32,20(27)31)19(30)24-10-13-7-14(22)9-15(23)8-13/h7-9,12,16-17,25,28,32H,5-6,10-11H2,1-4H3,(H,24,30). The van der Waals surface area contributed by atoms with Gasteiger partial charge in [-0.3, -0.25) is 19.7 Å². The molecule has 9 nitrogen and oxygen atoms in total. The Morgan fingerprint density at radius 3 is 2.53 bits per heavy atom. The Kier molecular flexibility index (Phi) is 8.58. The zero-order valence-electron chi connectivity index (χ0n) is 18.6. The van der Waals surface area contributed by atoms with Crippen molar-refractivity contribution >= 4 is 29.3 Å². The van der Waals surface area contributed by atoms with Gasteiger partial charge in [0.1, 0.15) is 12.0 Å². The van der Waals surface area contributed by atoms with Gasteiger partial charge >= 0.3 is 0 Å². The lowest BCUT2D eigenvalue weighted by molar-refractivity contribution is -0.155. The highest BCUT2D eigenvalue weighted by Crippen LogP contribution is 2.24. The highest BCUT2D eigenvalue weighted by molar-refractivity contribution is 6.30. The zero-order chi connectivity index (χ0) is 24.2. The van der Waals surface area contributed by atoms with Gasteiger partial charge < -0.3 is 25.3 Å². The number of aliphatic hydroxyl groups is 2. The number of nitrogens with zero attached hydrogens (tertiary/aromatic N) is 2. The number of benzene rings is 1. The van der Waals surface area contributed by atoms with E-state index in [1.165, 1.54) is 17.0 Å². The van der Waals surface area contributed by atoms with Crippen molar-refractivity contribution in [3.63, 3.8) is 0 Å². The molecular formula is C21H30ClFN4O5. The Balaban J connectivity index is 1.97. The number of hydrogen-bond donors (Lipinski definition) is 4. The lowest BCUT2D eigenvalue weighted by Crippen LogP contribution is -2.56. The average Bonchev–Trinajstić information content (AvgIpc) is 2.98. The van der Waals surface area contributed by atoms with Crippen LogP contribution < -0.4 is 10.6 Å². The van der Waals surface area contributed by atoms with Crippen LogP contribution >= 0.6 is 11.6 Å². The molecule has 1 saturated heterocycles. The van der Waals surface area contributed by atoms with Gasteiger partial charge in [-0.2, -0.15) is 0 Å². The Morgan fingerprint density at radius 1 is 1.31 bits per heavy atom. The number of likely N-dealkylation sites (tertiary alicyclic amines) is 1. The summed E-state index contributed by atoms with van der Waals surface area (Å²) in [5, 5.41) is 26.4. The summed E-state index contributed by atoms with van der Waals surface area (Å²) in [5.41, 5.74) is -1.92. The Morgan fingerprint density at radius 2 is 1.97 bits per heavy atom. The molecule has 0 aromatic heterocycles. The molecule has 11 heteroatoms. The third kappa shape index (κ3) is 6.16. The number of carbonyl (C=O) groups is 3. The van der Waals surface area contributed by atoms with Crippen LogP contribution in [0.2, 0.25) is 5.02 Å². The van der Waals surface area contributed by atoms with Crippen molar-refractivity contribution in [3.8, 4) is 0 Å². The van der Waals surface area contributed by atoms with Gasteiger partial charge in [-0.05, 0) is 29.7 Å². The van der Waals surface area contributed by atoms with Crippen molar-refractivity contribution in [3.05, 3.63) is 34.6 Å². The van der Waals surface area contributed by atoms with Gasteiger partial charge in [0.15, 0.2) is 0 Å². The van der Waals surface area contributed by atoms with Gasteiger partial charge in [-0.15, -0.1) is 0 Å². The molecule has 3 unspecified atom stereocenters. The SMILES string of the molecule is CC(C)C(NC(O)CN1CCC(O)(C(=O)NCc2cc(F)cc(Cl)c2)C1=O)C(=O)N(C)C. The zero-order valence-corrected chi connectivity index (χ0v) is 19.3. The van der Waals surface area contributed by atoms with Gasteiger partial charge in [-0.1, -0.05) is 25.4 Å². The molecule has 0 bridgehead atoms. The quantitative estimate of drug-likeness (QED) is 0.298. The summed E-state index contributed by atoms with van der Waals surface area (Å²) in [4.78, 5) is 40.1. The van der Waals surface area contributed by atoms with E-state index in [0.29, 0.717) is 5.56 Å². The van der Waals surface area contributed by atoms with Crippen molar-refractivity contribution in [2.75, 3.05) is 27.2 Å². The number of hydrogen-bond acceptors (Lipinski definition) is 6. The normalized spacial score (nSPS) is 20.4. The van der Waals surface area contributed by atoms with Gasteiger partial charge in [-0.25, -0.2) is 4.39 Å². The first kappa shape index (κ1) is 26.0. The molecule has 2 rings (SSSR count). The smallest absolute Gasteiger partial charge is 0.264 e. The largest absolute Gasteiger partial charge is 0.377 e. The van der Waals surface area contributed by atoms with E-state index in [1.807, 2.05) is 13.8 Å². The molecule has 1 aliphatic heterocycles. The molecule has 0 radical (unpaired) electrons. The summed E-state index contributed by atoms with van der Waals surface area (Å²) in [6, 6.07) is 3.09. The van der Waals surface area contributed by atoms with Crippen molar-refractivity contribution in [2.45, 2.75) is 44.7 Å². The molecule has 1 aromatic rings. The second-order valence-electron chi connectivity index (χ2n) is 8.46. The number of aliphatic hydroxyl groups excluding tert-OH is 1. The highest BCUT2D eigenvalue weighted by Gasteiger charge is 2.51. The molecule has 3 atom stereocenters. The third-order valence-electron chi connectivity index (χ3n) is 5.27. The summed E-state index contributed by atoms with van der Waals surface area (Å²) in [6.45, 7) is 3.35. The van der Waals surface area contributed by atoms with Gasteiger partial charge in [0.25, 0.3) is 11.8 Å². The lowest BCUT2D eigenvalue weighted by atomic mass is 10.0. The van der Waals surface area contributed by atoms with E-state index in [4.69, 9.17) is 11.6 Å². The molecular weight excluding hydrogens is 443 g/mol. The van der Waals surface area contributed by atoms with Gasteiger partial charge in [0.2, 0.25) is 11.5 Å². The van der Waals surface area contributed by atoms with E-state index >= 15 is 0 Å². The maximum Gasteiger partial charge on any atom is 0.264 e. The van der Waals surface area contributed by atoms with Gasteiger partial charge in [0.05, 0.1) is 12.6 Å². The molecule has 32 heavy (non-hydrogen) atoms. The molecule has 3 amide bonds. The van der Waals surface area contributed by atoms with E-state index in [9.17, 15) is 29.0 Å². The molecule has 0 spiro atoms. The van der Waals surface area contributed by atoms with Crippen molar-refractivity contribution in [2.24, 2.45) is 5.92 Å². The second kappa shape index (κ2) is 10.6. The Hall–Kier alpha value is -2.27. The maximum absolute atomic E-state index is 13.4. The van der Waals surface area contributed by atoms with Crippen molar-refractivity contribution in [1.82, 2.24) is 20.4 Å². The molecule has 0 aliphatic carbocycles. The Bertz CT molecular complexity index is 848. The van der Waals surface area contributed by atoms with E-state index in [2.05, 4.69) is 10.6 Å². The summed E-state index contributed by atoms with van der Waals surface area (Å²) < 4.78 is 13.4. The van der Waals surface area contributed by atoms with E-state index in [0.717, 1.165) is 11.0 Å². The molecule has 4 N–H and O–H groups in total. The molecule has 1 aliphatic rings. The number of likely N-dealkylation sites (N-methyl/N-ethyl adjacent to an activating group) is 1. The summed E-state index contributed by atoms with van der Waals surface area (Å²) in [5.74, 6) is -2.69. The molecule has 1 heterocycles. The Labute approximate surface area is 191 Å². The van der Waals surface area contributed by atoms with Crippen LogP contribution in [0, 0.1) is 11.7 Å². The van der Waals surface area contributed by atoms with Crippen LogP contribution in [0.1, 0.15) is 25.8 Å². The topological polar surface area (TPSA) is 122 Å². The molecule has 0 saturated carbocycles. The molecule has 178 valence electrons. The van der Waals surface area contributed by atoms with Crippen LogP contribution in [-0.2, 0) is 20.9 Å². The minimum Gasteiger partial charge on any atom is -0.377 e. The molecule has 1 aromatic carbocycles. The summed E-state index contributed by atoms with van der Waals surface area (Å²) >= 11 is 5.79. The lowest BCUT2D eigenvalue weighted by Gasteiger charge is -2.29. The second-order valence-corrected chi connectivity index (χ2v) is 8.90. The minimum absolute atomic E-state index is 0.0429. The number of amides is 3. The van der Waals surface area contributed by atoms with Crippen LogP contribution in [0.4, 0.5) is 4.39 Å². The summed E-state index contributed by atoms with van der Waals surface area (Å²) in [7, 11) is 3.21. The number of β-amino-alcohol motifs (C(OH)–C–C–N with tert-alkyl or cyclic N) is 1. The fourth-order valence-electron chi connectivity index (χ4n) is 3.49. The fraction of sp³-hybridized carbons (Fsp3) is 0.571. The first-order chi connectivity index (χ1) is 14.8. The predicted octanol–water partition coefficient (Wildman–Crippen LogP) is 0.0795. The number of rotatable bonds is 9. The first-order valence-corrected chi connectivity index (χ1v) is 10.6. The van der Waals surface area contributed by atoms with Gasteiger partial charge in [0, 0.05) is 38.6 Å². The van der Waals surface area contributed by atoms with Crippen LogP contribution in [0.25, 0.3) is 0 Å². The van der Waals surface area contributed by atoms with E-state index in [-0.39, 0.29) is 42.9 Å². The van der Waals surface area contributed by atoms with E-state index < -0.39 is 35.5 Å². The van der Waals surface area contributed by atoms with Crippen LogP contribution in [0.15, 0.2) is 18.2 Å². The maximum atomic E-state index is 13.4. The number of halogens is 2. The fourth-order valence-corrected chi connectivity index (χ4v) is 3.73. The average molecular weight is 473 g/mol. The van der Waals surface area contributed by atoms with E-state index in [1.54, 1.807) is 14.1 Å². The number of nitrogens with one attached hydrogen (secondary N) is 2. The van der Waals surface area contributed by atoms with Crippen LogP contribution in [0.3, 0.4) is 0 Å². The van der Waals surface area contributed by atoms with Crippen molar-refractivity contribution in [1.29, 1.82) is 0 Å². The monoisotopic (exact) mass is 472 g/mol.